The van der Waals surface area contributed by atoms with Crippen molar-refractivity contribution in [2.24, 2.45) is 0 Å². The van der Waals surface area contributed by atoms with Crippen LogP contribution >= 0.6 is 43.5 Å². The Labute approximate surface area is 115 Å². The van der Waals surface area contributed by atoms with Crippen molar-refractivity contribution in [3.05, 3.63) is 51.6 Å². The van der Waals surface area contributed by atoms with Gasteiger partial charge in [-0.25, -0.2) is 0 Å². The summed E-state index contributed by atoms with van der Waals surface area (Å²) in [6.07, 6.45) is 4.15. The lowest BCUT2D eigenvalue weighted by molar-refractivity contribution is 0.486. The fraction of sp³-hybridized carbons (Fsp3) is 0.182. The first-order valence-electron chi connectivity index (χ1n) is 4.64. The molecule has 0 bridgehead atoms. The minimum absolute atomic E-state index is 0.110. The molecule has 0 aliphatic rings. The number of pyridine rings is 1. The van der Waals surface area contributed by atoms with Gasteiger partial charge in [-0.2, -0.15) is 0 Å². The van der Waals surface area contributed by atoms with Crippen LogP contribution in [0.5, 0.6) is 0 Å². The standard InChI is InChI=1S/C11H8Br2ClNO/c12-8(10-1-2-11(13)16-10)5-7-3-4-15-6-9(7)14/h1-4,6,8H,5H2. The van der Waals surface area contributed by atoms with Crippen LogP contribution < -0.4 is 0 Å². The van der Waals surface area contributed by atoms with E-state index in [0.29, 0.717) is 5.02 Å². The van der Waals surface area contributed by atoms with E-state index in [1.54, 1.807) is 12.4 Å². The normalized spacial score (nSPS) is 12.7. The van der Waals surface area contributed by atoms with E-state index >= 15 is 0 Å². The molecule has 2 nitrogen and oxygen atoms in total. The number of hydrogen-bond acceptors (Lipinski definition) is 2. The number of aromatic nitrogens is 1. The zero-order chi connectivity index (χ0) is 11.5. The largest absolute Gasteiger partial charge is 0.453 e. The Morgan fingerprint density at radius 1 is 1.38 bits per heavy atom. The number of halogens is 3. The molecular weight excluding hydrogens is 357 g/mol. The van der Waals surface area contributed by atoms with Crippen molar-refractivity contribution in [2.75, 3.05) is 0 Å². The van der Waals surface area contributed by atoms with E-state index in [1.165, 1.54) is 0 Å². The van der Waals surface area contributed by atoms with Crippen molar-refractivity contribution in [2.45, 2.75) is 11.2 Å². The van der Waals surface area contributed by atoms with Gasteiger partial charge in [0, 0.05) is 12.4 Å². The van der Waals surface area contributed by atoms with Gasteiger partial charge in [-0.15, -0.1) is 0 Å². The van der Waals surface area contributed by atoms with Gasteiger partial charge < -0.3 is 4.42 Å². The zero-order valence-electron chi connectivity index (χ0n) is 8.16. The second-order valence-corrected chi connectivity index (χ2v) is 5.57. The fourth-order valence-electron chi connectivity index (χ4n) is 1.36. The summed E-state index contributed by atoms with van der Waals surface area (Å²) in [5.41, 5.74) is 1.05. The molecule has 0 aliphatic carbocycles. The van der Waals surface area contributed by atoms with Crippen LogP contribution in [0.15, 0.2) is 39.7 Å². The van der Waals surface area contributed by atoms with Crippen LogP contribution in [0.25, 0.3) is 0 Å². The smallest absolute Gasteiger partial charge is 0.169 e. The summed E-state index contributed by atoms with van der Waals surface area (Å²) in [7, 11) is 0. The molecule has 2 aromatic rings. The second kappa shape index (κ2) is 5.34. The number of alkyl halides is 1. The van der Waals surface area contributed by atoms with E-state index < -0.39 is 0 Å². The highest BCUT2D eigenvalue weighted by atomic mass is 79.9. The van der Waals surface area contributed by atoms with Crippen LogP contribution in [0.1, 0.15) is 16.2 Å². The highest BCUT2D eigenvalue weighted by Crippen LogP contribution is 2.31. The van der Waals surface area contributed by atoms with Crippen LogP contribution in [-0.4, -0.2) is 4.98 Å². The van der Waals surface area contributed by atoms with Gasteiger partial charge in [0.2, 0.25) is 0 Å². The molecule has 1 atom stereocenters. The summed E-state index contributed by atoms with van der Waals surface area (Å²) in [5, 5.41) is 0.678. The molecule has 0 fully saturated rings. The third-order valence-electron chi connectivity index (χ3n) is 2.16. The molecule has 0 radical (unpaired) electrons. The number of hydrogen-bond donors (Lipinski definition) is 0. The van der Waals surface area contributed by atoms with Crippen LogP contribution in [0.2, 0.25) is 5.02 Å². The van der Waals surface area contributed by atoms with Gasteiger partial charge in [-0.3, -0.25) is 4.98 Å². The Morgan fingerprint density at radius 2 is 2.19 bits per heavy atom. The maximum Gasteiger partial charge on any atom is 0.169 e. The predicted molar refractivity (Wildman–Crippen MR) is 71.0 cm³/mol. The predicted octanol–water partition coefficient (Wildman–Crippen LogP) is 4.77. The number of rotatable bonds is 3. The van der Waals surface area contributed by atoms with E-state index in [9.17, 15) is 0 Å². The topological polar surface area (TPSA) is 26.0 Å². The lowest BCUT2D eigenvalue weighted by Crippen LogP contribution is -1.95. The van der Waals surface area contributed by atoms with Crippen molar-refractivity contribution in [1.82, 2.24) is 4.98 Å². The van der Waals surface area contributed by atoms with Crippen molar-refractivity contribution in [1.29, 1.82) is 0 Å². The molecule has 0 saturated carbocycles. The molecule has 2 rings (SSSR count). The minimum Gasteiger partial charge on any atom is -0.453 e. The summed E-state index contributed by atoms with van der Waals surface area (Å²) in [6.45, 7) is 0. The maximum absolute atomic E-state index is 6.04. The lowest BCUT2D eigenvalue weighted by atomic mass is 10.1. The SMILES string of the molecule is Clc1cnccc1CC(Br)c1ccc(Br)o1. The zero-order valence-corrected chi connectivity index (χ0v) is 12.1. The van der Waals surface area contributed by atoms with Crippen LogP contribution in [0.4, 0.5) is 0 Å². The molecule has 0 aliphatic heterocycles. The summed E-state index contributed by atoms with van der Waals surface area (Å²) < 4.78 is 6.20. The van der Waals surface area contributed by atoms with E-state index in [2.05, 4.69) is 36.8 Å². The molecule has 0 amide bonds. The third-order valence-corrected chi connectivity index (χ3v) is 3.70. The molecular formula is C11H8Br2ClNO. The highest BCUT2D eigenvalue weighted by Gasteiger charge is 2.14. The summed E-state index contributed by atoms with van der Waals surface area (Å²) >= 11 is 12.9. The average molecular weight is 365 g/mol. The molecule has 5 heteroatoms. The van der Waals surface area contributed by atoms with Gasteiger partial charge in [-0.1, -0.05) is 27.5 Å². The molecule has 2 heterocycles. The van der Waals surface area contributed by atoms with Gasteiger partial charge >= 0.3 is 0 Å². The molecule has 2 aromatic heterocycles. The van der Waals surface area contributed by atoms with Crippen molar-refractivity contribution >= 4 is 43.5 Å². The van der Waals surface area contributed by atoms with Crippen LogP contribution in [0, 0.1) is 0 Å². The van der Waals surface area contributed by atoms with E-state index in [0.717, 1.165) is 22.4 Å². The van der Waals surface area contributed by atoms with Gasteiger partial charge in [-0.05, 0) is 46.1 Å². The molecule has 1 unspecified atom stereocenters. The van der Waals surface area contributed by atoms with Gasteiger partial charge in [0.25, 0.3) is 0 Å². The average Bonchev–Trinajstić information content (AvgIpc) is 2.68. The van der Waals surface area contributed by atoms with Gasteiger partial charge in [0.05, 0.1) is 9.85 Å². The fourth-order valence-corrected chi connectivity index (χ4v) is 2.47. The quantitative estimate of drug-likeness (QED) is 0.733. The van der Waals surface area contributed by atoms with Gasteiger partial charge in [0.1, 0.15) is 5.76 Å². The molecule has 0 aromatic carbocycles. The Balaban J connectivity index is 2.13. The molecule has 0 saturated heterocycles. The van der Waals surface area contributed by atoms with E-state index in [-0.39, 0.29) is 4.83 Å². The first kappa shape index (κ1) is 12.1. The molecule has 84 valence electrons. The minimum atomic E-state index is 0.110. The highest BCUT2D eigenvalue weighted by molar-refractivity contribution is 9.10. The number of nitrogens with zero attached hydrogens (tertiary/aromatic N) is 1. The summed E-state index contributed by atoms with van der Waals surface area (Å²) in [6, 6.07) is 5.71. The Morgan fingerprint density at radius 3 is 2.81 bits per heavy atom. The van der Waals surface area contributed by atoms with Gasteiger partial charge in [0.15, 0.2) is 4.67 Å². The summed E-state index contributed by atoms with van der Waals surface area (Å²) in [4.78, 5) is 4.06. The van der Waals surface area contributed by atoms with Crippen molar-refractivity contribution in [3.63, 3.8) is 0 Å². The molecule has 16 heavy (non-hydrogen) atoms. The first-order valence-corrected chi connectivity index (χ1v) is 6.73. The Kier molecular flexibility index (Phi) is 4.05. The number of furan rings is 1. The van der Waals surface area contributed by atoms with Crippen LogP contribution in [-0.2, 0) is 6.42 Å². The summed E-state index contributed by atoms with van der Waals surface area (Å²) in [5.74, 6) is 0.875. The molecule has 0 spiro atoms. The van der Waals surface area contributed by atoms with Crippen LogP contribution in [0.3, 0.4) is 0 Å². The molecule has 0 N–H and O–H groups in total. The lowest BCUT2D eigenvalue weighted by Gasteiger charge is -2.07. The van der Waals surface area contributed by atoms with E-state index in [1.807, 2.05) is 18.2 Å². The van der Waals surface area contributed by atoms with Crippen molar-refractivity contribution in [3.8, 4) is 0 Å². The Bertz CT molecular complexity index is 486. The Hall–Kier alpha value is -0.320. The third kappa shape index (κ3) is 2.87. The maximum atomic E-state index is 6.04. The monoisotopic (exact) mass is 363 g/mol. The van der Waals surface area contributed by atoms with E-state index in [4.69, 9.17) is 16.0 Å². The first-order chi connectivity index (χ1) is 7.66. The van der Waals surface area contributed by atoms with Crippen molar-refractivity contribution < 1.29 is 4.42 Å². The second-order valence-electron chi connectivity index (χ2n) is 3.28.